The standard InChI is InChI=1S/3C8H17.C6H5.4C2H4O2.2Sn/c3*1-3-5-7-8-6-4-2;1-2-4-6-5-3-1;4*1-2(3)4;;/h3*1,3-8H2,2H3;1-5H;4*1H3,(H,3,4);;/q;;;;;;;;+1;+3/p-4. The molecule has 0 atom stereocenters. The van der Waals surface area contributed by atoms with Gasteiger partial charge in [-0.25, -0.2) is 0 Å². The molecule has 0 unspecified atom stereocenters. The van der Waals surface area contributed by atoms with Crippen molar-refractivity contribution in [2.45, 2.75) is 177 Å². The van der Waals surface area contributed by atoms with Gasteiger partial charge >= 0.3 is 226 Å². The number of benzene rings is 1. The second kappa shape index (κ2) is 50.1. The summed E-state index contributed by atoms with van der Waals surface area (Å²) >= 11 is 0.478. The third-order valence-corrected chi connectivity index (χ3v) is 16.5. The van der Waals surface area contributed by atoms with Crippen LogP contribution in [0.5, 0.6) is 0 Å². The van der Waals surface area contributed by atoms with Gasteiger partial charge in [0, 0.05) is 23.9 Å². The summed E-state index contributed by atoms with van der Waals surface area (Å²) in [4.78, 5) is 35.6. The first-order chi connectivity index (χ1) is 22.7. The van der Waals surface area contributed by atoms with Crippen molar-refractivity contribution in [3.05, 3.63) is 30.3 Å². The zero-order valence-corrected chi connectivity index (χ0v) is 37.2. The second-order valence-electron chi connectivity index (χ2n) is 11.6. The van der Waals surface area contributed by atoms with Gasteiger partial charge in [-0.2, -0.15) is 0 Å². The summed E-state index contributed by atoms with van der Waals surface area (Å²) in [6, 6.07) is 10.4. The first-order valence-electron chi connectivity index (χ1n) is 18.0. The van der Waals surface area contributed by atoms with Gasteiger partial charge in [-0.1, -0.05) is 0 Å². The van der Waals surface area contributed by atoms with Crippen molar-refractivity contribution in [2.24, 2.45) is 0 Å². The molecule has 0 radical (unpaired) electrons. The molecule has 0 aliphatic carbocycles. The third kappa shape index (κ3) is 90.6. The van der Waals surface area contributed by atoms with Crippen LogP contribution < -0.4 is 24.0 Å². The number of carboxylic acid groups (broad SMARTS) is 4. The summed E-state index contributed by atoms with van der Waals surface area (Å²) in [5, 5.41) is 35.6. The molecule has 0 saturated heterocycles. The maximum atomic E-state index is 8.89. The van der Waals surface area contributed by atoms with Gasteiger partial charge < -0.3 is 39.6 Å². The molecule has 1 rings (SSSR count). The average Bonchev–Trinajstić information content (AvgIpc) is 2.97. The monoisotopic (exact) mass is 892 g/mol. The Balaban J connectivity index is -0.000000213. The van der Waals surface area contributed by atoms with Crippen molar-refractivity contribution in [3.8, 4) is 0 Å². The third-order valence-electron chi connectivity index (χ3n) is 6.43. The van der Waals surface area contributed by atoms with Crippen LogP contribution in [0.25, 0.3) is 0 Å². The molecular weight excluding hydrogens is 822 g/mol. The van der Waals surface area contributed by atoms with E-state index in [1.54, 1.807) is 32.6 Å². The van der Waals surface area contributed by atoms with Gasteiger partial charge in [-0.05, 0) is 27.7 Å². The molecule has 0 amide bonds. The molecular formula is C38H68O8Sn2. The van der Waals surface area contributed by atoms with E-state index in [1.807, 2.05) is 6.07 Å². The number of hydrogen-bond acceptors (Lipinski definition) is 8. The SMILES string of the molecule is CC(=O)[O-].CC(=O)[O-].CC(=O)[O-].CC(=O)[O-].CCCCCCC[CH2][Sn+]([CH2]CCCCCCC)[CH2]CCCCCCC.[Sn+3][c]1ccccc1. The van der Waals surface area contributed by atoms with E-state index in [9.17, 15) is 0 Å². The first-order valence-corrected chi connectivity index (χ1v) is 25.5. The van der Waals surface area contributed by atoms with Crippen LogP contribution in [-0.4, -0.2) is 66.2 Å². The number of carbonyl (C=O) groups excluding carboxylic acids is 4. The van der Waals surface area contributed by atoms with E-state index in [4.69, 9.17) is 39.6 Å². The van der Waals surface area contributed by atoms with Crippen LogP contribution >= 0.6 is 0 Å². The van der Waals surface area contributed by atoms with Gasteiger partial charge in [0.2, 0.25) is 0 Å². The summed E-state index contributed by atoms with van der Waals surface area (Å²) in [7, 11) is 0. The summed E-state index contributed by atoms with van der Waals surface area (Å²) < 4.78 is 6.57. The molecule has 1 aromatic carbocycles. The van der Waals surface area contributed by atoms with E-state index < -0.39 is 43.6 Å². The molecule has 10 heteroatoms. The zero-order valence-electron chi connectivity index (χ0n) is 31.5. The topological polar surface area (TPSA) is 161 Å². The fourth-order valence-electron chi connectivity index (χ4n) is 4.28. The summed E-state index contributed by atoms with van der Waals surface area (Å²) in [5.74, 6) is -4.33. The molecule has 48 heavy (non-hydrogen) atoms. The number of rotatable bonds is 21. The summed E-state index contributed by atoms with van der Waals surface area (Å²) in [5.41, 5.74) is 0. The van der Waals surface area contributed by atoms with Crippen molar-refractivity contribution in [3.63, 3.8) is 0 Å². The van der Waals surface area contributed by atoms with Gasteiger partial charge in [-0.3, -0.25) is 0 Å². The summed E-state index contributed by atoms with van der Waals surface area (Å²) in [6.45, 7) is 10.9. The van der Waals surface area contributed by atoms with Gasteiger partial charge in [0.05, 0.1) is 0 Å². The fraction of sp³-hybridized carbons (Fsp3) is 0.737. The average molecular weight is 890 g/mol. The van der Waals surface area contributed by atoms with Crippen LogP contribution in [0.2, 0.25) is 13.3 Å². The molecule has 0 spiro atoms. The van der Waals surface area contributed by atoms with Gasteiger partial charge in [-0.15, -0.1) is 0 Å². The Morgan fingerprint density at radius 3 is 0.854 bits per heavy atom. The predicted molar refractivity (Wildman–Crippen MR) is 195 cm³/mol. The Morgan fingerprint density at radius 2 is 0.667 bits per heavy atom. The van der Waals surface area contributed by atoms with Crippen molar-refractivity contribution in [1.29, 1.82) is 0 Å². The molecule has 8 nitrogen and oxygen atoms in total. The molecule has 0 saturated carbocycles. The van der Waals surface area contributed by atoms with E-state index in [-0.39, 0.29) is 0 Å². The van der Waals surface area contributed by atoms with Crippen molar-refractivity contribution in [2.75, 3.05) is 0 Å². The van der Waals surface area contributed by atoms with Crippen LogP contribution in [0.15, 0.2) is 30.3 Å². The Bertz CT molecular complexity index is 705. The number of aliphatic carboxylic acids is 4. The Hall–Kier alpha value is -1.30. The number of carbonyl (C=O) groups is 4. The predicted octanol–water partition coefficient (Wildman–Crippen LogP) is 5.07. The van der Waals surface area contributed by atoms with E-state index in [2.05, 4.69) is 45.0 Å². The van der Waals surface area contributed by atoms with E-state index >= 15 is 0 Å². The molecule has 0 bridgehead atoms. The Morgan fingerprint density at radius 1 is 0.458 bits per heavy atom. The van der Waals surface area contributed by atoms with Gasteiger partial charge in [0.1, 0.15) is 0 Å². The van der Waals surface area contributed by atoms with Crippen LogP contribution in [0.1, 0.15) is 164 Å². The molecule has 0 aliphatic rings. The molecule has 1 aromatic rings. The summed E-state index contributed by atoms with van der Waals surface area (Å²) in [6.07, 6.45) is 26.9. The maximum absolute atomic E-state index is 8.89. The van der Waals surface area contributed by atoms with Gasteiger partial charge in [0.25, 0.3) is 0 Å². The van der Waals surface area contributed by atoms with Crippen LogP contribution in [0.4, 0.5) is 0 Å². The number of unbranched alkanes of at least 4 members (excludes halogenated alkanes) is 15. The van der Waals surface area contributed by atoms with Crippen molar-refractivity contribution < 1.29 is 39.6 Å². The molecule has 0 heterocycles. The van der Waals surface area contributed by atoms with E-state index in [1.165, 1.54) is 122 Å². The zero-order chi connectivity index (χ0) is 37.8. The normalized spacial score (nSPS) is 9.19. The molecule has 0 N–H and O–H groups in total. The minimum atomic E-state index is -1.08. The van der Waals surface area contributed by atoms with Gasteiger partial charge in [0.15, 0.2) is 0 Å². The van der Waals surface area contributed by atoms with Crippen LogP contribution in [0.3, 0.4) is 0 Å². The van der Waals surface area contributed by atoms with E-state index in [0.29, 0.717) is 0 Å². The quantitative estimate of drug-likeness (QED) is 0.122. The fourth-order valence-corrected chi connectivity index (χ4v) is 13.4. The Labute approximate surface area is 315 Å². The molecule has 0 aromatic heterocycles. The van der Waals surface area contributed by atoms with Crippen LogP contribution in [-0.2, 0) is 19.2 Å². The van der Waals surface area contributed by atoms with E-state index in [0.717, 1.165) is 27.7 Å². The molecule has 276 valence electrons. The molecule has 0 fully saturated rings. The van der Waals surface area contributed by atoms with Crippen molar-refractivity contribution in [1.82, 2.24) is 0 Å². The molecule has 0 aliphatic heterocycles. The van der Waals surface area contributed by atoms with Crippen LogP contribution in [0, 0.1) is 0 Å². The minimum absolute atomic E-state index is 0.972. The van der Waals surface area contributed by atoms with Crippen molar-refractivity contribution >= 4 is 69.7 Å². The number of hydrogen-bond donors (Lipinski definition) is 0. The Kier molecular flexibility index (Phi) is 58.5. The first kappa shape index (κ1) is 56.1. The second-order valence-corrected chi connectivity index (χ2v) is 21.8. The number of carboxylic acids is 4.